The molecule has 0 saturated carbocycles. The zero-order valence-electron chi connectivity index (χ0n) is 14.5. The van der Waals surface area contributed by atoms with Crippen molar-refractivity contribution in [3.05, 3.63) is 0 Å². The van der Waals surface area contributed by atoms with Gasteiger partial charge in [-0.15, -0.1) is 33.2 Å². The number of hydrogen-bond donors (Lipinski definition) is 0. The van der Waals surface area contributed by atoms with Gasteiger partial charge in [0.25, 0.3) is 0 Å². The molecule has 0 aliphatic rings. The molecule has 0 nitrogen and oxygen atoms in total. The van der Waals surface area contributed by atoms with Crippen LogP contribution in [0.5, 0.6) is 0 Å². The second kappa shape index (κ2) is 15.1. The molecule has 2 unspecified atom stereocenters. The van der Waals surface area contributed by atoms with Crippen molar-refractivity contribution in [3.63, 3.8) is 0 Å². The second-order valence-electron chi connectivity index (χ2n) is 6.54. The molecule has 0 N–H and O–H groups in total. The van der Waals surface area contributed by atoms with Gasteiger partial charge in [-0.1, -0.05) is 85.5 Å². The Labute approximate surface area is 148 Å². The van der Waals surface area contributed by atoms with Gasteiger partial charge in [-0.25, -0.2) is 0 Å². The summed E-state index contributed by atoms with van der Waals surface area (Å²) in [6.45, 7) is 9.43. The van der Waals surface area contributed by atoms with Crippen LogP contribution in [-0.2, 0) is 0 Å². The highest BCUT2D eigenvalue weighted by Gasteiger charge is 2.29. The van der Waals surface area contributed by atoms with Gasteiger partial charge in [-0.3, -0.25) is 0 Å². The molecule has 0 aromatic carbocycles. The van der Waals surface area contributed by atoms with Crippen molar-refractivity contribution in [2.24, 2.45) is 5.92 Å². The van der Waals surface area contributed by atoms with E-state index in [1.54, 1.807) is 0 Å². The molecule has 0 radical (unpaired) electrons. The van der Waals surface area contributed by atoms with Crippen LogP contribution in [0.4, 0.5) is 0 Å². The van der Waals surface area contributed by atoms with Crippen molar-refractivity contribution in [2.45, 2.75) is 110 Å². The Hall–Kier alpha value is 1.16. The summed E-state index contributed by atoms with van der Waals surface area (Å²) >= 11 is 0. The molecule has 0 bridgehead atoms. The van der Waals surface area contributed by atoms with E-state index in [1.807, 2.05) is 0 Å². The van der Waals surface area contributed by atoms with Crippen LogP contribution in [0, 0.1) is 5.92 Å². The van der Waals surface area contributed by atoms with Crippen LogP contribution in [-0.4, -0.2) is 5.16 Å². The van der Waals surface area contributed by atoms with Crippen LogP contribution in [0.25, 0.3) is 0 Å². The summed E-state index contributed by atoms with van der Waals surface area (Å²) in [7, 11) is 3.28. The van der Waals surface area contributed by atoms with Gasteiger partial charge in [0.2, 0.25) is 0 Å². The van der Waals surface area contributed by atoms with Crippen molar-refractivity contribution in [1.82, 2.24) is 0 Å². The fourth-order valence-electron chi connectivity index (χ4n) is 3.01. The monoisotopic (exact) mass is 414 g/mol. The topological polar surface area (TPSA) is 0 Å². The maximum Gasteiger partial charge on any atom is -0.0125 e. The third-order valence-corrected chi connectivity index (χ3v) is 5.86. The minimum absolute atomic E-state index is 0. The Kier molecular flexibility index (Phi) is 17.7. The molecular formula is C18H40IP. The Balaban J connectivity index is 0. The lowest BCUT2D eigenvalue weighted by molar-refractivity contribution is 0.314. The summed E-state index contributed by atoms with van der Waals surface area (Å²) in [5.74, 6) is 0.873. The standard InChI is InChI=1S/C18H39P.HI/c1-5-8-11-14-17(4)18(19,15-12-9-6-2)16-13-10-7-3;/h17H,5-16,19H2,1-4H3;1H. The normalized spacial score (nSPS) is 13.1. The average molecular weight is 414 g/mol. The van der Waals surface area contributed by atoms with Gasteiger partial charge in [0.15, 0.2) is 0 Å². The molecule has 124 valence electrons. The first kappa shape index (κ1) is 23.4. The summed E-state index contributed by atoms with van der Waals surface area (Å²) in [5, 5.41) is 0.526. The molecule has 0 heterocycles. The third kappa shape index (κ3) is 10.8. The van der Waals surface area contributed by atoms with Crippen molar-refractivity contribution in [2.75, 3.05) is 0 Å². The van der Waals surface area contributed by atoms with E-state index < -0.39 is 0 Å². The molecule has 20 heavy (non-hydrogen) atoms. The Bertz CT molecular complexity index is 184. The molecular weight excluding hydrogens is 374 g/mol. The molecule has 0 amide bonds. The maximum absolute atomic E-state index is 3.28. The van der Waals surface area contributed by atoms with Crippen LogP contribution in [0.15, 0.2) is 0 Å². The van der Waals surface area contributed by atoms with E-state index in [0.717, 1.165) is 5.92 Å². The van der Waals surface area contributed by atoms with Crippen LogP contribution in [0.1, 0.15) is 105 Å². The minimum atomic E-state index is 0. The molecule has 0 saturated heterocycles. The minimum Gasteiger partial charge on any atom is -0.131 e. The van der Waals surface area contributed by atoms with Crippen LogP contribution in [0.2, 0.25) is 0 Å². The maximum atomic E-state index is 3.28. The molecule has 2 heteroatoms. The van der Waals surface area contributed by atoms with E-state index in [9.17, 15) is 0 Å². The fourth-order valence-corrected chi connectivity index (χ4v) is 3.59. The molecule has 0 fully saturated rings. The first-order chi connectivity index (χ1) is 9.10. The van der Waals surface area contributed by atoms with E-state index in [4.69, 9.17) is 0 Å². The first-order valence-corrected chi connectivity index (χ1v) is 9.47. The van der Waals surface area contributed by atoms with Crippen LogP contribution in [0.3, 0.4) is 0 Å². The number of unbranched alkanes of at least 4 members (excludes halogenated alkanes) is 6. The second-order valence-corrected chi connectivity index (χ2v) is 7.69. The van der Waals surface area contributed by atoms with E-state index in [2.05, 4.69) is 36.9 Å². The lowest BCUT2D eigenvalue weighted by Crippen LogP contribution is -2.29. The highest BCUT2D eigenvalue weighted by molar-refractivity contribution is 14.0. The van der Waals surface area contributed by atoms with Gasteiger partial charge in [0.05, 0.1) is 0 Å². The van der Waals surface area contributed by atoms with E-state index >= 15 is 0 Å². The lowest BCUT2D eigenvalue weighted by atomic mass is 9.81. The molecule has 2 atom stereocenters. The van der Waals surface area contributed by atoms with Gasteiger partial charge in [0.1, 0.15) is 0 Å². The highest BCUT2D eigenvalue weighted by Crippen LogP contribution is 2.41. The summed E-state index contributed by atoms with van der Waals surface area (Å²) < 4.78 is 0. The van der Waals surface area contributed by atoms with Gasteiger partial charge in [-0.2, -0.15) is 0 Å². The molecule has 0 rings (SSSR count). The third-order valence-electron chi connectivity index (χ3n) is 4.71. The van der Waals surface area contributed by atoms with Crippen LogP contribution < -0.4 is 0 Å². The lowest BCUT2D eigenvalue weighted by Gasteiger charge is -2.36. The Morgan fingerprint density at radius 2 is 1.15 bits per heavy atom. The summed E-state index contributed by atoms with van der Waals surface area (Å²) in [5.41, 5.74) is 0. The first-order valence-electron chi connectivity index (χ1n) is 8.89. The van der Waals surface area contributed by atoms with Crippen molar-refractivity contribution < 1.29 is 0 Å². The van der Waals surface area contributed by atoms with Gasteiger partial charge < -0.3 is 0 Å². The average Bonchev–Trinajstić information content (AvgIpc) is 2.39. The van der Waals surface area contributed by atoms with E-state index in [-0.39, 0.29) is 24.0 Å². The molecule has 0 aliphatic carbocycles. The fraction of sp³-hybridized carbons (Fsp3) is 1.00. The zero-order chi connectivity index (χ0) is 14.6. The Morgan fingerprint density at radius 1 is 0.750 bits per heavy atom. The van der Waals surface area contributed by atoms with E-state index in [1.165, 1.54) is 77.0 Å². The quantitative estimate of drug-likeness (QED) is 0.165. The van der Waals surface area contributed by atoms with Gasteiger partial charge in [0, 0.05) is 0 Å². The van der Waals surface area contributed by atoms with Crippen LogP contribution >= 0.6 is 33.2 Å². The number of halogens is 1. The largest absolute Gasteiger partial charge is 0.131 e. The predicted molar refractivity (Wildman–Crippen MR) is 109 cm³/mol. The summed E-state index contributed by atoms with van der Waals surface area (Å²) in [6, 6.07) is 0. The summed E-state index contributed by atoms with van der Waals surface area (Å²) in [6.07, 6.45) is 16.8. The van der Waals surface area contributed by atoms with Crippen molar-refractivity contribution in [1.29, 1.82) is 0 Å². The molecule has 0 aromatic rings. The van der Waals surface area contributed by atoms with Crippen molar-refractivity contribution in [3.8, 4) is 0 Å². The summed E-state index contributed by atoms with van der Waals surface area (Å²) in [4.78, 5) is 0. The van der Waals surface area contributed by atoms with Gasteiger partial charge in [-0.05, 0) is 30.3 Å². The smallest absolute Gasteiger partial charge is 0.0125 e. The molecule has 0 spiro atoms. The van der Waals surface area contributed by atoms with E-state index in [0.29, 0.717) is 5.16 Å². The predicted octanol–water partition coefficient (Wildman–Crippen LogP) is 7.60. The van der Waals surface area contributed by atoms with Gasteiger partial charge >= 0.3 is 0 Å². The number of hydrogen-bond acceptors (Lipinski definition) is 0. The molecule has 0 aromatic heterocycles. The zero-order valence-corrected chi connectivity index (χ0v) is 18.0. The number of rotatable bonds is 13. The highest BCUT2D eigenvalue weighted by atomic mass is 127. The SMILES string of the molecule is CCCCCC(C)C(P)(CCCCC)CCCCC.I. The molecule has 0 aliphatic heterocycles. The Morgan fingerprint density at radius 3 is 1.55 bits per heavy atom. The van der Waals surface area contributed by atoms with Crippen molar-refractivity contribution >= 4 is 33.2 Å².